The lowest BCUT2D eigenvalue weighted by Crippen LogP contribution is -2.81. The van der Waals surface area contributed by atoms with Crippen molar-refractivity contribution in [3.8, 4) is 0 Å². The number of carboxylic acids is 1. The van der Waals surface area contributed by atoms with Crippen molar-refractivity contribution in [3.05, 3.63) is 33.7 Å². The van der Waals surface area contributed by atoms with E-state index < -0.39 is 34.9 Å². The van der Waals surface area contributed by atoms with E-state index in [-0.39, 0.29) is 37.7 Å². The van der Waals surface area contributed by atoms with Gasteiger partial charge in [0.05, 0.1) is 19.6 Å². The van der Waals surface area contributed by atoms with Gasteiger partial charge < -0.3 is 24.6 Å². The van der Waals surface area contributed by atoms with Crippen LogP contribution in [0.5, 0.6) is 0 Å². The highest BCUT2D eigenvalue weighted by atomic mass is 32.2. The highest BCUT2D eigenvalue weighted by Crippen LogP contribution is 2.47. The van der Waals surface area contributed by atoms with Crippen molar-refractivity contribution in [2.75, 3.05) is 32.7 Å². The fourth-order valence-corrected chi connectivity index (χ4v) is 5.38. The molecule has 0 radical (unpaired) electrons. The lowest BCUT2D eigenvalue weighted by molar-refractivity contribution is -0.200. The number of thiophene rings is 1. The molecule has 2 atom stereocenters. The molecule has 2 aliphatic rings. The number of esters is 1. The van der Waals surface area contributed by atoms with Gasteiger partial charge in [0.15, 0.2) is 0 Å². The zero-order chi connectivity index (χ0) is 22.6. The molecule has 0 saturated carbocycles. The molecule has 1 unspecified atom stereocenters. The number of hydrogen-bond donors (Lipinski definition) is 2. The number of β-lactam (4-membered cyclic amide) rings is 1. The molecule has 0 aliphatic carbocycles. The Morgan fingerprint density at radius 1 is 1.35 bits per heavy atom. The van der Waals surface area contributed by atoms with Crippen molar-refractivity contribution in [2.24, 2.45) is 0 Å². The van der Waals surface area contributed by atoms with Gasteiger partial charge in [-0.05, 0) is 11.4 Å². The number of ether oxygens (including phenoxy) is 3. The van der Waals surface area contributed by atoms with Crippen LogP contribution in [0.15, 0.2) is 28.8 Å². The van der Waals surface area contributed by atoms with Crippen LogP contribution in [-0.4, -0.2) is 77.5 Å². The second-order valence-corrected chi connectivity index (χ2v) is 8.86. The standard InChI is InChI=1S/C19H22N2O8S2/c1-11(22)28-9-12-10-31-18-19(29-6-5-27-2,17(26)21(18)15(12)16(24)25)20-14(23)8-13-4-3-7-30-13/h3-4,7,18H,5-6,8-10H2,1-2H3,(H,20,23)(H,24,25)/t18-,19?/m1/s1. The largest absolute Gasteiger partial charge is 0.477 e. The molecule has 2 amide bonds. The number of aliphatic carboxylic acids is 1. The first-order valence-corrected chi connectivity index (χ1v) is 11.2. The molecule has 3 rings (SSSR count). The Kier molecular flexibility index (Phi) is 7.36. The van der Waals surface area contributed by atoms with Crippen molar-refractivity contribution >= 4 is 46.9 Å². The lowest BCUT2D eigenvalue weighted by atomic mass is 9.97. The van der Waals surface area contributed by atoms with Crippen LogP contribution in [0.1, 0.15) is 11.8 Å². The molecule has 1 saturated heterocycles. The number of nitrogens with zero attached hydrogens (tertiary/aromatic N) is 1. The molecule has 2 N–H and O–H groups in total. The van der Waals surface area contributed by atoms with Gasteiger partial charge in [-0.25, -0.2) is 4.79 Å². The molecule has 12 heteroatoms. The molecule has 1 fully saturated rings. The molecule has 0 spiro atoms. The summed E-state index contributed by atoms with van der Waals surface area (Å²) in [6, 6.07) is 3.62. The summed E-state index contributed by atoms with van der Waals surface area (Å²) >= 11 is 2.64. The van der Waals surface area contributed by atoms with Gasteiger partial charge in [-0.3, -0.25) is 19.3 Å². The molecule has 2 aliphatic heterocycles. The fourth-order valence-electron chi connectivity index (χ4n) is 3.28. The third-order valence-electron chi connectivity index (χ3n) is 4.62. The monoisotopic (exact) mass is 470 g/mol. The van der Waals surface area contributed by atoms with Crippen molar-refractivity contribution in [1.29, 1.82) is 0 Å². The van der Waals surface area contributed by atoms with Gasteiger partial charge >= 0.3 is 11.9 Å². The molecule has 0 bridgehead atoms. The number of nitrogens with one attached hydrogen (secondary N) is 1. The van der Waals surface area contributed by atoms with Crippen LogP contribution in [0.3, 0.4) is 0 Å². The van der Waals surface area contributed by atoms with Crippen molar-refractivity contribution in [1.82, 2.24) is 10.2 Å². The third-order valence-corrected chi connectivity index (χ3v) is 6.87. The number of carbonyl (C=O) groups is 4. The highest BCUT2D eigenvalue weighted by Gasteiger charge is 2.67. The van der Waals surface area contributed by atoms with E-state index in [1.165, 1.54) is 37.1 Å². The number of thioether (sulfide) groups is 1. The zero-order valence-electron chi connectivity index (χ0n) is 16.9. The van der Waals surface area contributed by atoms with E-state index >= 15 is 0 Å². The average Bonchev–Trinajstić information content (AvgIpc) is 3.23. The number of carboxylic acid groups (broad SMARTS) is 1. The molecule has 10 nitrogen and oxygen atoms in total. The maximum Gasteiger partial charge on any atom is 0.352 e. The molecular formula is C19H22N2O8S2. The molecule has 1 aromatic heterocycles. The minimum absolute atomic E-state index is 0.0266. The normalized spacial score (nSPS) is 22.6. The van der Waals surface area contributed by atoms with E-state index in [0.717, 1.165) is 9.78 Å². The third kappa shape index (κ3) is 4.76. The number of fused-ring (bicyclic) bond motifs is 1. The fraction of sp³-hybridized carbons (Fsp3) is 0.474. The van der Waals surface area contributed by atoms with Gasteiger partial charge in [0.25, 0.3) is 11.6 Å². The summed E-state index contributed by atoms with van der Waals surface area (Å²) in [7, 11) is 1.47. The zero-order valence-corrected chi connectivity index (χ0v) is 18.5. The van der Waals surface area contributed by atoms with Crippen LogP contribution < -0.4 is 5.32 Å². The molecule has 0 aromatic carbocycles. The van der Waals surface area contributed by atoms with Gasteiger partial charge in [-0.1, -0.05) is 6.07 Å². The molecule has 31 heavy (non-hydrogen) atoms. The number of rotatable bonds is 10. The van der Waals surface area contributed by atoms with Crippen LogP contribution >= 0.6 is 23.1 Å². The topological polar surface area (TPSA) is 131 Å². The van der Waals surface area contributed by atoms with E-state index in [9.17, 15) is 24.3 Å². The van der Waals surface area contributed by atoms with E-state index in [0.29, 0.717) is 5.57 Å². The summed E-state index contributed by atoms with van der Waals surface area (Å²) in [6.07, 6.45) is 0.0665. The van der Waals surface area contributed by atoms with E-state index in [2.05, 4.69) is 5.32 Å². The predicted octanol–water partition coefficient (Wildman–Crippen LogP) is 0.583. The minimum Gasteiger partial charge on any atom is -0.477 e. The molecule has 168 valence electrons. The molecular weight excluding hydrogens is 448 g/mol. The highest BCUT2D eigenvalue weighted by molar-refractivity contribution is 8.00. The summed E-state index contributed by atoms with van der Waals surface area (Å²) in [4.78, 5) is 50.8. The quantitative estimate of drug-likeness (QED) is 0.218. The Labute approximate surface area is 186 Å². The first kappa shape index (κ1) is 23.3. The Morgan fingerprint density at radius 2 is 2.13 bits per heavy atom. The summed E-state index contributed by atoms with van der Waals surface area (Å²) in [5.41, 5.74) is -1.66. The SMILES string of the molecule is COCCOC1(NC(=O)Cc2cccs2)C(=O)N2C(C(=O)O)=C(COC(C)=O)CS[C@@H]21. The van der Waals surface area contributed by atoms with E-state index in [1.54, 1.807) is 6.07 Å². The van der Waals surface area contributed by atoms with Gasteiger partial charge in [0.2, 0.25) is 5.91 Å². The van der Waals surface area contributed by atoms with Gasteiger partial charge in [-0.15, -0.1) is 23.1 Å². The smallest absolute Gasteiger partial charge is 0.352 e. The Hall–Kier alpha value is -2.41. The van der Waals surface area contributed by atoms with Crippen LogP contribution in [-0.2, 0) is 39.8 Å². The first-order valence-electron chi connectivity index (χ1n) is 9.30. The number of methoxy groups -OCH3 is 1. The molecule has 3 heterocycles. The lowest BCUT2D eigenvalue weighted by Gasteiger charge is -2.56. The summed E-state index contributed by atoms with van der Waals surface area (Å²) in [5.74, 6) is -2.80. The second kappa shape index (κ2) is 9.81. The molecule has 1 aromatic rings. The summed E-state index contributed by atoms with van der Waals surface area (Å²) in [6.45, 7) is 1.19. The Balaban J connectivity index is 1.85. The van der Waals surface area contributed by atoms with Crippen LogP contribution in [0.25, 0.3) is 0 Å². The van der Waals surface area contributed by atoms with Crippen molar-refractivity contribution in [3.63, 3.8) is 0 Å². The average molecular weight is 471 g/mol. The van der Waals surface area contributed by atoms with Gasteiger partial charge in [0, 0.05) is 30.2 Å². The van der Waals surface area contributed by atoms with Crippen LogP contribution in [0, 0.1) is 0 Å². The van der Waals surface area contributed by atoms with Gasteiger partial charge in [-0.2, -0.15) is 0 Å². The van der Waals surface area contributed by atoms with Crippen molar-refractivity contribution in [2.45, 2.75) is 24.4 Å². The number of hydrogen-bond acceptors (Lipinski definition) is 9. The first-order chi connectivity index (χ1) is 14.8. The van der Waals surface area contributed by atoms with Crippen molar-refractivity contribution < 1.29 is 38.5 Å². The minimum atomic E-state index is -1.70. The predicted molar refractivity (Wildman–Crippen MR) is 111 cm³/mol. The Morgan fingerprint density at radius 3 is 2.74 bits per heavy atom. The summed E-state index contributed by atoms with van der Waals surface area (Å²) < 4.78 is 15.7. The van der Waals surface area contributed by atoms with Crippen LogP contribution in [0.2, 0.25) is 0 Å². The number of carbonyl (C=O) groups excluding carboxylic acids is 3. The maximum atomic E-state index is 13.2. The maximum absolute atomic E-state index is 13.2. The van der Waals surface area contributed by atoms with Gasteiger partial charge in [0.1, 0.15) is 17.7 Å². The number of amides is 2. The Bertz CT molecular complexity index is 901. The van der Waals surface area contributed by atoms with E-state index in [1.807, 2.05) is 11.4 Å². The van der Waals surface area contributed by atoms with Crippen LogP contribution in [0.4, 0.5) is 0 Å². The second-order valence-electron chi connectivity index (χ2n) is 6.76. The van der Waals surface area contributed by atoms with E-state index in [4.69, 9.17) is 14.2 Å². The summed E-state index contributed by atoms with van der Waals surface area (Å²) in [5, 5.41) is 13.4.